The van der Waals surface area contributed by atoms with Crippen LogP contribution in [0.4, 0.5) is 0 Å². The quantitative estimate of drug-likeness (QED) is 0.872. The molecule has 2 heterocycles. The maximum absolute atomic E-state index is 11.9. The predicted octanol–water partition coefficient (Wildman–Crippen LogP) is 1.10. The van der Waals surface area contributed by atoms with E-state index in [0.717, 1.165) is 18.1 Å². The number of aryl methyl sites for hydroxylation is 1. The first-order valence-electron chi connectivity index (χ1n) is 6.27. The van der Waals surface area contributed by atoms with Crippen LogP contribution in [0.3, 0.4) is 0 Å². The lowest BCUT2D eigenvalue weighted by atomic mass is 10.4. The predicted molar refractivity (Wildman–Crippen MR) is 69.7 cm³/mol. The average molecular weight is 272 g/mol. The van der Waals surface area contributed by atoms with E-state index in [1.807, 2.05) is 19.1 Å². The highest BCUT2D eigenvalue weighted by atomic mass is 32.2. The van der Waals surface area contributed by atoms with Crippen molar-refractivity contribution in [1.82, 2.24) is 9.62 Å². The number of nitrogens with one attached hydrogen (secondary N) is 1. The summed E-state index contributed by atoms with van der Waals surface area (Å²) in [6, 6.07) is 3.87. The van der Waals surface area contributed by atoms with Crippen molar-refractivity contribution < 1.29 is 12.8 Å². The van der Waals surface area contributed by atoms with Crippen molar-refractivity contribution in [2.45, 2.75) is 32.1 Å². The summed E-state index contributed by atoms with van der Waals surface area (Å²) >= 11 is 0. The third kappa shape index (κ3) is 3.13. The molecule has 1 aromatic rings. The molecule has 0 aliphatic carbocycles. The van der Waals surface area contributed by atoms with Gasteiger partial charge in [0.15, 0.2) is 0 Å². The van der Waals surface area contributed by atoms with Gasteiger partial charge in [-0.1, -0.05) is 6.92 Å². The van der Waals surface area contributed by atoms with Crippen molar-refractivity contribution in [3.8, 4) is 0 Å². The number of nitrogens with zero attached hydrogens (tertiary/aromatic N) is 1. The van der Waals surface area contributed by atoms with Gasteiger partial charge < -0.3 is 4.42 Å². The Morgan fingerprint density at radius 2 is 2.28 bits per heavy atom. The van der Waals surface area contributed by atoms with Crippen LogP contribution in [0.25, 0.3) is 0 Å². The second-order valence-corrected chi connectivity index (χ2v) is 6.75. The Hall–Kier alpha value is -0.850. The fraction of sp³-hybridized carbons (Fsp3) is 0.667. The van der Waals surface area contributed by atoms with Gasteiger partial charge in [0.1, 0.15) is 11.5 Å². The van der Waals surface area contributed by atoms with Crippen LogP contribution in [0.5, 0.6) is 0 Å². The highest BCUT2D eigenvalue weighted by molar-refractivity contribution is 7.90. The van der Waals surface area contributed by atoms with Crippen LogP contribution >= 0.6 is 0 Å². The van der Waals surface area contributed by atoms with Gasteiger partial charge in [-0.15, -0.1) is 0 Å². The number of likely N-dealkylation sites (tertiary alicyclic amines) is 1. The molecule has 0 unspecified atom stereocenters. The summed E-state index contributed by atoms with van der Waals surface area (Å²) in [5, 5.41) is -0.298. The largest absolute Gasteiger partial charge is 0.465 e. The number of sulfonamides is 1. The lowest BCUT2D eigenvalue weighted by molar-refractivity contribution is 0.294. The molecule has 2 rings (SSSR count). The van der Waals surface area contributed by atoms with Crippen LogP contribution in [-0.2, 0) is 16.6 Å². The molecule has 1 saturated heterocycles. The zero-order valence-corrected chi connectivity index (χ0v) is 11.7. The van der Waals surface area contributed by atoms with E-state index < -0.39 is 10.0 Å². The molecule has 0 radical (unpaired) electrons. The summed E-state index contributed by atoms with van der Waals surface area (Å²) in [6.45, 7) is 6.23. The van der Waals surface area contributed by atoms with E-state index in [1.165, 1.54) is 0 Å². The van der Waals surface area contributed by atoms with E-state index in [9.17, 15) is 8.42 Å². The standard InChI is InChI=1S/C12H20N2O3S/c1-3-13-18(15,16)12-6-7-14(9-12)8-11-5-4-10(2)17-11/h4-5,12-13H,3,6-9H2,1-2H3/t12-/m1/s1. The van der Waals surface area contributed by atoms with Crippen LogP contribution < -0.4 is 4.72 Å². The van der Waals surface area contributed by atoms with Crippen molar-refractivity contribution in [2.24, 2.45) is 0 Å². The summed E-state index contributed by atoms with van der Waals surface area (Å²) in [5.41, 5.74) is 0. The number of hydrogen-bond donors (Lipinski definition) is 1. The molecule has 0 bridgehead atoms. The van der Waals surface area contributed by atoms with Gasteiger partial charge in [-0.25, -0.2) is 13.1 Å². The lowest BCUT2D eigenvalue weighted by Gasteiger charge is -2.14. The van der Waals surface area contributed by atoms with Crippen LogP contribution in [0.15, 0.2) is 16.5 Å². The highest BCUT2D eigenvalue weighted by Gasteiger charge is 2.32. The molecule has 18 heavy (non-hydrogen) atoms. The molecule has 6 heteroatoms. The molecule has 1 N–H and O–H groups in total. The normalized spacial score (nSPS) is 21.6. The second kappa shape index (κ2) is 5.42. The van der Waals surface area contributed by atoms with Crippen LogP contribution in [-0.4, -0.2) is 38.2 Å². The van der Waals surface area contributed by atoms with Gasteiger partial charge in [0.05, 0.1) is 11.8 Å². The van der Waals surface area contributed by atoms with Gasteiger partial charge in [0, 0.05) is 19.6 Å². The van der Waals surface area contributed by atoms with Crippen molar-refractivity contribution in [3.63, 3.8) is 0 Å². The SMILES string of the molecule is CCNS(=O)(=O)[C@@H]1CCN(Cc2ccc(C)o2)C1. The molecule has 0 spiro atoms. The number of rotatable bonds is 5. The molecule has 1 aromatic heterocycles. The molecular formula is C12H20N2O3S. The van der Waals surface area contributed by atoms with Crippen molar-refractivity contribution in [1.29, 1.82) is 0 Å². The van der Waals surface area contributed by atoms with E-state index >= 15 is 0 Å². The van der Waals surface area contributed by atoms with Crippen LogP contribution in [0.1, 0.15) is 24.9 Å². The summed E-state index contributed by atoms with van der Waals surface area (Å²) in [4.78, 5) is 2.12. The maximum atomic E-state index is 11.9. The Bertz CT molecular complexity index is 495. The minimum absolute atomic E-state index is 0.298. The zero-order chi connectivity index (χ0) is 13.2. The molecule has 1 fully saturated rings. The molecule has 102 valence electrons. The van der Waals surface area contributed by atoms with Crippen molar-refractivity contribution >= 4 is 10.0 Å². The van der Waals surface area contributed by atoms with Gasteiger partial charge >= 0.3 is 0 Å². The molecule has 0 amide bonds. The fourth-order valence-corrected chi connectivity index (χ4v) is 3.76. The minimum atomic E-state index is -3.15. The minimum Gasteiger partial charge on any atom is -0.465 e. The second-order valence-electron chi connectivity index (χ2n) is 4.70. The Morgan fingerprint density at radius 3 is 2.89 bits per heavy atom. The van der Waals surface area contributed by atoms with E-state index in [0.29, 0.717) is 26.1 Å². The monoisotopic (exact) mass is 272 g/mol. The lowest BCUT2D eigenvalue weighted by Crippen LogP contribution is -2.36. The Labute approximate surface area is 108 Å². The first kappa shape index (κ1) is 13.6. The molecule has 0 aromatic carbocycles. The Kier molecular flexibility index (Phi) is 4.09. The van der Waals surface area contributed by atoms with Crippen LogP contribution in [0, 0.1) is 6.92 Å². The third-order valence-corrected chi connectivity index (χ3v) is 5.14. The van der Waals surface area contributed by atoms with Crippen molar-refractivity contribution in [3.05, 3.63) is 23.7 Å². The van der Waals surface area contributed by atoms with Gasteiger partial charge in [-0.3, -0.25) is 4.90 Å². The first-order chi connectivity index (χ1) is 8.51. The Balaban J connectivity index is 1.92. The van der Waals surface area contributed by atoms with Crippen molar-refractivity contribution in [2.75, 3.05) is 19.6 Å². The number of furan rings is 1. The molecular weight excluding hydrogens is 252 g/mol. The third-order valence-electron chi connectivity index (χ3n) is 3.19. The topological polar surface area (TPSA) is 62.6 Å². The summed E-state index contributed by atoms with van der Waals surface area (Å²) < 4.78 is 31.8. The average Bonchev–Trinajstić information content (AvgIpc) is 2.89. The molecule has 1 aliphatic heterocycles. The molecule has 1 aliphatic rings. The van der Waals surface area contributed by atoms with Gasteiger partial charge in [-0.05, 0) is 25.5 Å². The van der Waals surface area contributed by atoms with E-state index in [2.05, 4.69) is 9.62 Å². The summed E-state index contributed by atoms with van der Waals surface area (Å²) in [5.74, 6) is 1.79. The first-order valence-corrected chi connectivity index (χ1v) is 7.82. The maximum Gasteiger partial charge on any atom is 0.215 e. The number of hydrogen-bond acceptors (Lipinski definition) is 4. The highest BCUT2D eigenvalue weighted by Crippen LogP contribution is 2.19. The Morgan fingerprint density at radius 1 is 1.50 bits per heavy atom. The molecule has 1 atom stereocenters. The summed E-state index contributed by atoms with van der Waals surface area (Å²) in [7, 11) is -3.15. The van der Waals surface area contributed by atoms with E-state index in [1.54, 1.807) is 6.92 Å². The summed E-state index contributed by atoms with van der Waals surface area (Å²) in [6.07, 6.45) is 0.690. The molecule has 5 nitrogen and oxygen atoms in total. The van der Waals surface area contributed by atoms with E-state index in [4.69, 9.17) is 4.42 Å². The zero-order valence-electron chi connectivity index (χ0n) is 10.8. The van der Waals surface area contributed by atoms with Gasteiger partial charge in [0.2, 0.25) is 10.0 Å². The van der Waals surface area contributed by atoms with Gasteiger partial charge in [0.25, 0.3) is 0 Å². The fourth-order valence-electron chi connectivity index (χ4n) is 2.30. The van der Waals surface area contributed by atoms with E-state index in [-0.39, 0.29) is 5.25 Å². The van der Waals surface area contributed by atoms with Gasteiger partial charge in [-0.2, -0.15) is 0 Å². The van der Waals surface area contributed by atoms with Crippen LogP contribution in [0.2, 0.25) is 0 Å². The smallest absolute Gasteiger partial charge is 0.215 e. The molecule has 0 saturated carbocycles.